The number of nitrogens with zero attached hydrogens (tertiary/aromatic N) is 2. The fraction of sp³-hybridized carbons (Fsp3) is 0.375. The minimum Gasteiger partial charge on any atom is -0.487 e. The van der Waals surface area contributed by atoms with E-state index in [9.17, 15) is 0 Å². The molecule has 0 aliphatic heterocycles. The van der Waals surface area contributed by atoms with Crippen LogP contribution in [0, 0.1) is 20.8 Å². The number of aromatic nitrogens is 2. The summed E-state index contributed by atoms with van der Waals surface area (Å²) in [5.74, 6) is 0.797. The maximum atomic E-state index is 8.87. The number of hydrogen-bond donors (Lipinski definition) is 1. The van der Waals surface area contributed by atoms with Gasteiger partial charge in [0, 0.05) is 6.61 Å². The maximum Gasteiger partial charge on any atom is 0.132 e. The Balaban J connectivity index is 2.03. The Kier molecular flexibility index (Phi) is 4.69. The van der Waals surface area contributed by atoms with Gasteiger partial charge in [-0.15, -0.1) is 0 Å². The van der Waals surface area contributed by atoms with Crippen molar-refractivity contribution in [1.29, 1.82) is 0 Å². The predicted molar refractivity (Wildman–Crippen MR) is 77.8 cm³/mol. The molecule has 0 aliphatic carbocycles. The summed E-state index contributed by atoms with van der Waals surface area (Å²) in [5, 5.41) is 8.87. The van der Waals surface area contributed by atoms with Crippen molar-refractivity contribution in [3.8, 4) is 5.75 Å². The summed E-state index contributed by atoms with van der Waals surface area (Å²) in [5.41, 5.74) is 4.77. The normalized spacial score (nSPS) is 10.6. The van der Waals surface area contributed by atoms with E-state index in [1.807, 2.05) is 45.0 Å². The van der Waals surface area contributed by atoms with Crippen molar-refractivity contribution >= 4 is 0 Å². The fourth-order valence-corrected chi connectivity index (χ4v) is 1.93. The second-order valence-corrected chi connectivity index (χ2v) is 4.83. The molecule has 0 aliphatic rings. The van der Waals surface area contributed by atoms with Crippen molar-refractivity contribution in [2.75, 3.05) is 6.61 Å². The summed E-state index contributed by atoms with van der Waals surface area (Å²) >= 11 is 0. The van der Waals surface area contributed by atoms with Crippen molar-refractivity contribution in [2.45, 2.75) is 33.8 Å². The van der Waals surface area contributed by atoms with Crippen LogP contribution in [0.4, 0.5) is 0 Å². The summed E-state index contributed by atoms with van der Waals surface area (Å²) in [7, 11) is 0. The van der Waals surface area contributed by atoms with Gasteiger partial charge < -0.3 is 9.84 Å². The van der Waals surface area contributed by atoms with Gasteiger partial charge in [0.05, 0.1) is 22.8 Å². The van der Waals surface area contributed by atoms with Crippen LogP contribution in [-0.4, -0.2) is 21.7 Å². The molecule has 0 fully saturated rings. The zero-order valence-corrected chi connectivity index (χ0v) is 12.2. The number of aryl methyl sites for hydroxylation is 3. The summed E-state index contributed by atoms with van der Waals surface area (Å²) in [6, 6.07) is 7.75. The molecular weight excluding hydrogens is 252 g/mol. The van der Waals surface area contributed by atoms with Crippen molar-refractivity contribution in [3.05, 3.63) is 52.6 Å². The van der Waals surface area contributed by atoms with Gasteiger partial charge in [0.25, 0.3) is 0 Å². The van der Waals surface area contributed by atoms with Crippen LogP contribution in [0.5, 0.6) is 5.75 Å². The van der Waals surface area contributed by atoms with Crippen molar-refractivity contribution in [3.63, 3.8) is 0 Å². The SMILES string of the molecule is Cc1nc(C)c(COc2ccc(CCO)cc2)nc1C. The molecule has 1 aromatic heterocycles. The van der Waals surface area contributed by atoms with Gasteiger partial charge >= 0.3 is 0 Å². The third-order valence-corrected chi connectivity index (χ3v) is 3.28. The molecular formula is C16H20N2O2. The largest absolute Gasteiger partial charge is 0.487 e. The average molecular weight is 272 g/mol. The first-order valence-electron chi connectivity index (χ1n) is 6.73. The molecule has 106 valence electrons. The Labute approximate surface area is 119 Å². The number of aliphatic hydroxyl groups excluding tert-OH is 1. The number of hydrogen-bond acceptors (Lipinski definition) is 4. The minimum absolute atomic E-state index is 0.164. The van der Waals surface area contributed by atoms with Gasteiger partial charge in [0.15, 0.2) is 0 Å². The highest BCUT2D eigenvalue weighted by molar-refractivity contribution is 5.28. The van der Waals surface area contributed by atoms with E-state index in [0.29, 0.717) is 13.0 Å². The Morgan fingerprint density at radius 1 is 0.950 bits per heavy atom. The van der Waals surface area contributed by atoms with Crippen LogP contribution in [-0.2, 0) is 13.0 Å². The molecule has 2 aromatic rings. The highest BCUT2D eigenvalue weighted by Gasteiger charge is 2.06. The summed E-state index contributed by atoms with van der Waals surface area (Å²) in [6.07, 6.45) is 0.669. The van der Waals surface area contributed by atoms with E-state index < -0.39 is 0 Å². The van der Waals surface area contributed by atoms with E-state index in [4.69, 9.17) is 9.84 Å². The highest BCUT2D eigenvalue weighted by Crippen LogP contribution is 2.15. The second-order valence-electron chi connectivity index (χ2n) is 4.83. The lowest BCUT2D eigenvalue weighted by molar-refractivity contribution is 0.296. The number of ether oxygens (including phenoxy) is 1. The van der Waals surface area contributed by atoms with Gasteiger partial charge in [0.2, 0.25) is 0 Å². The molecule has 0 bridgehead atoms. The number of aliphatic hydroxyl groups is 1. The third kappa shape index (κ3) is 3.54. The Bertz CT molecular complexity index is 580. The van der Waals surface area contributed by atoms with E-state index >= 15 is 0 Å². The number of rotatable bonds is 5. The molecule has 1 aromatic carbocycles. The molecule has 0 saturated carbocycles. The van der Waals surface area contributed by atoms with Gasteiger partial charge in [0.1, 0.15) is 12.4 Å². The Morgan fingerprint density at radius 2 is 1.60 bits per heavy atom. The average Bonchev–Trinajstić information content (AvgIpc) is 2.43. The van der Waals surface area contributed by atoms with Crippen LogP contribution in [0.3, 0.4) is 0 Å². The highest BCUT2D eigenvalue weighted by atomic mass is 16.5. The molecule has 2 rings (SSSR count). The first-order valence-corrected chi connectivity index (χ1v) is 6.73. The first-order chi connectivity index (χ1) is 9.60. The monoisotopic (exact) mass is 272 g/mol. The Hall–Kier alpha value is -1.94. The quantitative estimate of drug-likeness (QED) is 0.908. The third-order valence-electron chi connectivity index (χ3n) is 3.28. The van der Waals surface area contributed by atoms with Crippen LogP contribution in [0.1, 0.15) is 28.3 Å². The zero-order valence-electron chi connectivity index (χ0n) is 12.2. The van der Waals surface area contributed by atoms with Crippen LogP contribution in [0.25, 0.3) is 0 Å². The Morgan fingerprint density at radius 3 is 2.25 bits per heavy atom. The van der Waals surface area contributed by atoms with Crippen LogP contribution >= 0.6 is 0 Å². The lowest BCUT2D eigenvalue weighted by Crippen LogP contribution is -2.06. The van der Waals surface area contributed by atoms with Crippen molar-refractivity contribution < 1.29 is 9.84 Å². The molecule has 0 atom stereocenters. The predicted octanol–water partition coefficient (Wildman–Crippen LogP) is 2.52. The smallest absolute Gasteiger partial charge is 0.132 e. The minimum atomic E-state index is 0.164. The molecule has 0 unspecified atom stereocenters. The van der Waals surface area contributed by atoms with Gasteiger partial charge in [-0.3, -0.25) is 9.97 Å². The van der Waals surface area contributed by atoms with Crippen molar-refractivity contribution in [2.24, 2.45) is 0 Å². The molecule has 0 radical (unpaired) electrons. The zero-order chi connectivity index (χ0) is 14.5. The standard InChI is InChI=1S/C16H20N2O2/c1-11-12(2)18-16(13(3)17-11)10-20-15-6-4-14(5-7-15)8-9-19/h4-7,19H,8-10H2,1-3H3. The van der Waals surface area contributed by atoms with E-state index in [0.717, 1.165) is 34.1 Å². The van der Waals surface area contributed by atoms with Crippen LogP contribution < -0.4 is 4.74 Å². The van der Waals surface area contributed by atoms with Crippen molar-refractivity contribution in [1.82, 2.24) is 9.97 Å². The summed E-state index contributed by atoms with van der Waals surface area (Å²) in [6.45, 7) is 6.44. The van der Waals surface area contributed by atoms with Gasteiger partial charge in [-0.2, -0.15) is 0 Å². The number of benzene rings is 1. The molecule has 20 heavy (non-hydrogen) atoms. The molecule has 4 heteroatoms. The topological polar surface area (TPSA) is 55.2 Å². The summed E-state index contributed by atoms with van der Waals surface area (Å²) in [4.78, 5) is 8.97. The summed E-state index contributed by atoms with van der Waals surface area (Å²) < 4.78 is 5.74. The van der Waals surface area contributed by atoms with Gasteiger partial charge in [-0.1, -0.05) is 12.1 Å². The van der Waals surface area contributed by atoms with E-state index in [1.54, 1.807) is 0 Å². The molecule has 1 N–H and O–H groups in total. The molecule has 4 nitrogen and oxygen atoms in total. The second kappa shape index (κ2) is 6.48. The van der Waals surface area contributed by atoms with Crippen LogP contribution in [0.2, 0.25) is 0 Å². The lowest BCUT2D eigenvalue weighted by atomic mass is 10.1. The van der Waals surface area contributed by atoms with E-state index in [-0.39, 0.29) is 6.61 Å². The van der Waals surface area contributed by atoms with Gasteiger partial charge in [-0.25, -0.2) is 0 Å². The first kappa shape index (κ1) is 14.5. The van der Waals surface area contributed by atoms with Crippen LogP contribution in [0.15, 0.2) is 24.3 Å². The van der Waals surface area contributed by atoms with E-state index in [1.165, 1.54) is 0 Å². The molecule has 0 amide bonds. The van der Waals surface area contributed by atoms with Gasteiger partial charge in [-0.05, 0) is 44.9 Å². The lowest BCUT2D eigenvalue weighted by Gasteiger charge is -2.10. The fourth-order valence-electron chi connectivity index (χ4n) is 1.93. The molecule has 1 heterocycles. The molecule has 0 spiro atoms. The maximum absolute atomic E-state index is 8.87. The molecule has 0 saturated heterocycles. The van der Waals surface area contributed by atoms with E-state index in [2.05, 4.69) is 9.97 Å².